The minimum absolute atomic E-state index is 0.0588. The van der Waals surface area contributed by atoms with Crippen LogP contribution in [0.15, 0.2) is 47.1 Å². The average Bonchev–Trinajstić information content (AvgIpc) is 3.00. The maximum absolute atomic E-state index is 10.1. The van der Waals surface area contributed by atoms with Crippen molar-refractivity contribution in [2.45, 2.75) is 96.6 Å². The first-order chi connectivity index (χ1) is 14.0. The van der Waals surface area contributed by atoms with Gasteiger partial charge >= 0.3 is 0 Å². The van der Waals surface area contributed by atoms with E-state index in [9.17, 15) is 15.3 Å². The summed E-state index contributed by atoms with van der Waals surface area (Å²) in [5.74, 6) is 0.477. The van der Waals surface area contributed by atoms with Crippen molar-refractivity contribution in [3.05, 3.63) is 47.1 Å². The van der Waals surface area contributed by atoms with E-state index < -0.39 is 17.8 Å². The van der Waals surface area contributed by atoms with Crippen molar-refractivity contribution < 1.29 is 20.1 Å². The fraction of sp³-hybridized carbons (Fsp3) is 0.692. The zero-order valence-corrected chi connectivity index (χ0v) is 19.2. The summed E-state index contributed by atoms with van der Waals surface area (Å²) in [6.45, 7) is 12.7. The van der Waals surface area contributed by atoms with E-state index in [1.54, 1.807) is 0 Å². The van der Waals surface area contributed by atoms with E-state index in [0.717, 1.165) is 30.4 Å². The van der Waals surface area contributed by atoms with Crippen LogP contribution >= 0.6 is 0 Å². The summed E-state index contributed by atoms with van der Waals surface area (Å²) < 4.78 is 6.12. The third-order valence-corrected chi connectivity index (χ3v) is 7.40. The minimum atomic E-state index is -0.700. The van der Waals surface area contributed by atoms with E-state index in [2.05, 4.69) is 38.7 Å². The van der Waals surface area contributed by atoms with Crippen LogP contribution < -0.4 is 0 Å². The van der Waals surface area contributed by atoms with Gasteiger partial charge in [-0.3, -0.25) is 0 Å². The Hall–Kier alpha value is -1.20. The van der Waals surface area contributed by atoms with Gasteiger partial charge in [0.15, 0.2) is 0 Å². The van der Waals surface area contributed by atoms with E-state index in [1.807, 2.05) is 13.8 Å². The summed E-state index contributed by atoms with van der Waals surface area (Å²) in [4.78, 5) is 0. The van der Waals surface area contributed by atoms with Crippen LogP contribution in [0.4, 0.5) is 0 Å². The summed E-state index contributed by atoms with van der Waals surface area (Å²) in [7, 11) is 0. The van der Waals surface area contributed by atoms with Gasteiger partial charge in [0.05, 0.1) is 30.5 Å². The Balaban J connectivity index is 1.71. The van der Waals surface area contributed by atoms with Crippen LogP contribution in [-0.4, -0.2) is 45.8 Å². The van der Waals surface area contributed by atoms with Gasteiger partial charge in [-0.25, -0.2) is 0 Å². The van der Waals surface area contributed by atoms with Crippen molar-refractivity contribution in [2.24, 2.45) is 11.3 Å². The van der Waals surface area contributed by atoms with Crippen LogP contribution in [0.3, 0.4) is 0 Å². The predicted molar refractivity (Wildman–Crippen MR) is 121 cm³/mol. The molecule has 0 spiro atoms. The average molecular weight is 417 g/mol. The summed E-state index contributed by atoms with van der Waals surface area (Å²) >= 11 is 0. The molecule has 0 aromatic rings. The Morgan fingerprint density at radius 1 is 1.33 bits per heavy atom. The van der Waals surface area contributed by atoms with Gasteiger partial charge in [-0.15, -0.1) is 0 Å². The van der Waals surface area contributed by atoms with Crippen LogP contribution in [-0.2, 0) is 4.74 Å². The Labute approximate surface area is 182 Å². The molecule has 168 valence electrons. The fourth-order valence-electron chi connectivity index (χ4n) is 5.52. The van der Waals surface area contributed by atoms with E-state index in [1.165, 1.54) is 17.6 Å². The van der Waals surface area contributed by atoms with Gasteiger partial charge in [0.25, 0.3) is 0 Å². The minimum Gasteiger partial charge on any atom is -0.393 e. The molecule has 3 N–H and O–H groups in total. The normalized spacial score (nSPS) is 36.2. The van der Waals surface area contributed by atoms with Crippen LogP contribution in [0.25, 0.3) is 0 Å². The Kier molecular flexibility index (Phi) is 7.13. The highest BCUT2D eigenvalue weighted by atomic mass is 16.5. The molecule has 0 saturated heterocycles. The van der Waals surface area contributed by atoms with Gasteiger partial charge in [-0.05, 0) is 87.3 Å². The molecule has 4 nitrogen and oxygen atoms in total. The lowest BCUT2D eigenvalue weighted by Gasteiger charge is -2.42. The molecule has 2 fully saturated rings. The quantitative estimate of drug-likeness (QED) is 0.553. The Bertz CT molecular complexity index is 739. The van der Waals surface area contributed by atoms with Crippen molar-refractivity contribution in [1.29, 1.82) is 0 Å². The molecule has 30 heavy (non-hydrogen) atoms. The largest absolute Gasteiger partial charge is 0.393 e. The van der Waals surface area contributed by atoms with Gasteiger partial charge in [0.1, 0.15) is 0 Å². The van der Waals surface area contributed by atoms with Crippen LogP contribution in [0.2, 0.25) is 0 Å². The summed E-state index contributed by atoms with van der Waals surface area (Å²) in [6, 6.07) is 0. The van der Waals surface area contributed by atoms with Gasteiger partial charge in [0, 0.05) is 6.42 Å². The van der Waals surface area contributed by atoms with E-state index in [4.69, 9.17) is 4.74 Å². The lowest BCUT2D eigenvalue weighted by atomic mass is 9.63. The van der Waals surface area contributed by atoms with Gasteiger partial charge in [-0.2, -0.15) is 0 Å². The maximum Gasteiger partial charge on any atom is 0.0811 e. The summed E-state index contributed by atoms with van der Waals surface area (Å²) in [5.41, 5.74) is 3.97. The number of aliphatic hydroxyl groups is 3. The van der Waals surface area contributed by atoms with Crippen molar-refractivity contribution in [3.8, 4) is 0 Å². The van der Waals surface area contributed by atoms with Crippen LogP contribution in [0.1, 0.15) is 72.6 Å². The first-order valence-electron chi connectivity index (χ1n) is 11.5. The van der Waals surface area contributed by atoms with E-state index in [-0.39, 0.29) is 11.5 Å². The van der Waals surface area contributed by atoms with Crippen molar-refractivity contribution in [2.75, 3.05) is 6.61 Å². The third kappa shape index (κ3) is 5.16. The molecular formula is C26H40O4. The fourth-order valence-corrected chi connectivity index (χ4v) is 5.52. The maximum atomic E-state index is 10.1. The Morgan fingerprint density at radius 2 is 2.07 bits per heavy atom. The van der Waals surface area contributed by atoms with Crippen LogP contribution in [0, 0.1) is 11.3 Å². The highest BCUT2D eigenvalue weighted by molar-refractivity contribution is 5.40. The van der Waals surface area contributed by atoms with Gasteiger partial charge in [0.2, 0.25) is 0 Å². The molecule has 0 aliphatic heterocycles. The highest BCUT2D eigenvalue weighted by Crippen LogP contribution is 2.55. The molecule has 0 aromatic heterocycles. The second-order valence-corrected chi connectivity index (χ2v) is 10.4. The molecule has 4 heteroatoms. The molecule has 3 aliphatic rings. The standard InChI is InChI=1S/C26H40O4/c1-17-20(15-21(27)16-24(17)28)9-8-19-7-6-12-26(5)22(10-11-23(19)26)18(2)30-14-13-25(3,4)29/h8-10,18,21,23-24,27-29H,1,6-7,11-16H2,2-5H3/b19-8+,20-9-/t18?,21-,23+,24+,26-/m1/s1. The predicted octanol–water partition coefficient (Wildman–Crippen LogP) is 4.61. The first kappa shape index (κ1) is 23.5. The molecular weight excluding hydrogens is 376 g/mol. The second-order valence-electron chi connectivity index (χ2n) is 10.4. The summed E-state index contributed by atoms with van der Waals surface area (Å²) in [6.07, 6.45) is 11.6. The molecule has 1 unspecified atom stereocenters. The number of hydrogen-bond acceptors (Lipinski definition) is 4. The lowest BCUT2D eigenvalue weighted by molar-refractivity contribution is 0.00738. The van der Waals surface area contributed by atoms with Crippen LogP contribution in [0.5, 0.6) is 0 Å². The van der Waals surface area contributed by atoms with Crippen molar-refractivity contribution in [3.63, 3.8) is 0 Å². The highest BCUT2D eigenvalue weighted by Gasteiger charge is 2.46. The molecule has 0 amide bonds. The van der Waals surface area contributed by atoms with E-state index in [0.29, 0.717) is 31.8 Å². The van der Waals surface area contributed by atoms with Gasteiger partial charge < -0.3 is 20.1 Å². The number of rotatable bonds is 6. The third-order valence-electron chi connectivity index (χ3n) is 7.40. The zero-order chi connectivity index (χ0) is 22.1. The van der Waals surface area contributed by atoms with Gasteiger partial charge in [-0.1, -0.05) is 37.3 Å². The lowest BCUT2D eigenvalue weighted by Crippen LogP contribution is -2.35. The van der Waals surface area contributed by atoms with E-state index >= 15 is 0 Å². The topological polar surface area (TPSA) is 69.9 Å². The molecule has 5 atom stereocenters. The molecule has 0 bridgehead atoms. The number of ether oxygens (including phenoxy) is 1. The molecule has 2 saturated carbocycles. The molecule has 0 aromatic carbocycles. The number of fused-ring (bicyclic) bond motifs is 1. The molecule has 3 aliphatic carbocycles. The molecule has 0 radical (unpaired) electrons. The monoisotopic (exact) mass is 416 g/mol. The van der Waals surface area contributed by atoms with Crippen molar-refractivity contribution in [1.82, 2.24) is 0 Å². The smallest absolute Gasteiger partial charge is 0.0811 e. The van der Waals surface area contributed by atoms with Crippen molar-refractivity contribution >= 4 is 0 Å². The second kappa shape index (κ2) is 9.12. The first-order valence-corrected chi connectivity index (χ1v) is 11.5. The number of allylic oxidation sites excluding steroid dienone is 4. The Morgan fingerprint density at radius 3 is 2.77 bits per heavy atom. The number of aliphatic hydroxyl groups excluding tert-OH is 2. The SMILES string of the molecule is C=C1/C(=C\C=C2/CCC[C@]3(C)C(C(C)OCCC(C)(C)O)=CC[C@@H]23)C[C@@H](O)C[C@@H]1O. The zero-order valence-electron chi connectivity index (χ0n) is 19.2. The molecule has 0 heterocycles. The molecule has 3 rings (SSSR count). The number of hydrogen-bond donors (Lipinski definition) is 3. The summed E-state index contributed by atoms with van der Waals surface area (Å²) in [5, 5.41) is 30.1.